The van der Waals surface area contributed by atoms with Crippen LogP contribution < -0.4 is 0 Å². The van der Waals surface area contributed by atoms with E-state index in [1.807, 2.05) is 32.5 Å². The van der Waals surface area contributed by atoms with Gasteiger partial charge in [-0.25, -0.2) is 0 Å². The Morgan fingerprint density at radius 3 is 2.60 bits per heavy atom. The maximum absolute atomic E-state index is 13.3. The van der Waals surface area contributed by atoms with Crippen LogP contribution in [0.1, 0.15) is 42.6 Å². The summed E-state index contributed by atoms with van der Waals surface area (Å²) in [6.07, 6.45) is 2.60. The predicted molar refractivity (Wildman–Crippen MR) is 97.6 cm³/mol. The van der Waals surface area contributed by atoms with Crippen LogP contribution in [0.15, 0.2) is 0 Å². The average molecular weight is 348 g/mol. The highest BCUT2D eigenvalue weighted by Gasteiger charge is 2.33. The van der Waals surface area contributed by atoms with Crippen molar-refractivity contribution in [2.75, 3.05) is 39.8 Å². The molecule has 6 heteroatoms. The molecule has 2 heterocycles. The van der Waals surface area contributed by atoms with Crippen LogP contribution in [-0.2, 0) is 16.6 Å². The molecule has 1 saturated heterocycles. The van der Waals surface area contributed by atoms with E-state index >= 15 is 0 Å². The molecule has 0 spiro atoms. The SMILES string of the molecule is Cc1nn(C)c(C)c1C(C)C(=O)N(CC1CC1)CC1CN(C)CCO1. The molecular weight excluding hydrogens is 316 g/mol. The molecule has 1 aliphatic carbocycles. The first-order valence-electron chi connectivity index (χ1n) is 9.45. The number of amides is 1. The number of morpholine rings is 1. The van der Waals surface area contributed by atoms with Crippen LogP contribution in [0.5, 0.6) is 0 Å². The molecule has 1 aromatic rings. The Morgan fingerprint density at radius 1 is 1.32 bits per heavy atom. The molecule has 25 heavy (non-hydrogen) atoms. The largest absolute Gasteiger partial charge is 0.374 e. The first-order valence-corrected chi connectivity index (χ1v) is 9.45. The van der Waals surface area contributed by atoms with E-state index < -0.39 is 0 Å². The van der Waals surface area contributed by atoms with Gasteiger partial charge in [0.1, 0.15) is 0 Å². The number of hydrogen-bond donors (Lipinski definition) is 0. The first-order chi connectivity index (χ1) is 11.9. The Hall–Kier alpha value is -1.40. The quantitative estimate of drug-likeness (QED) is 0.785. The lowest BCUT2D eigenvalue weighted by Gasteiger charge is -2.35. The zero-order valence-electron chi connectivity index (χ0n) is 16.3. The lowest BCUT2D eigenvalue weighted by atomic mass is 9.97. The highest BCUT2D eigenvalue weighted by Crippen LogP contribution is 2.32. The van der Waals surface area contributed by atoms with E-state index in [-0.39, 0.29) is 17.9 Å². The van der Waals surface area contributed by atoms with Crippen molar-refractivity contribution in [1.29, 1.82) is 0 Å². The molecule has 2 fully saturated rings. The molecule has 2 unspecified atom stereocenters. The molecule has 1 amide bonds. The second kappa shape index (κ2) is 7.46. The van der Waals surface area contributed by atoms with Gasteiger partial charge in [0.05, 0.1) is 24.3 Å². The molecule has 3 rings (SSSR count). The summed E-state index contributed by atoms with van der Waals surface area (Å²) in [6.45, 7) is 10.2. The van der Waals surface area contributed by atoms with Gasteiger partial charge in [0.25, 0.3) is 0 Å². The van der Waals surface area contributed by atoms with E-state index in [2.05, 4.69) is 21.9 Å². The fourth-order valence-electron chi connectivity index (χ4n) is 3.90. The summed E-state index contributed by atoms with van der Waals surface area (Å²) in [7, 11) is 4.06. The lowest BCUT2D eigenvalue weighted by molar-refractivity contribution is -0.136. The number of carbonyl (C=O) groups excluding carboxylic acids is 1. The zero-order chi connectivity index (χ0) is 18.1. The number of hydrogen-bond acceptors (Lipinski definition) is 4. The van der Waals surface area contributed by atoms with Crippen molar-refractivity contribution in [3.8, 4) is 0 Å². The number of nitrogens with zero attached hydrogens (tertiary/aromatic N) is 4. The number of aryl methyl sites for hydroxylation is 2. The number of carbonyl (C=O) groups is 1. The number of rotatable bonds is 6. The molecule has 1 aliphatic heterocycles. The van der Waals surface area contributed by atoms with E-state index in [0.29, 0.717) is 12.5 Å². The summed E-state index contributed by atoms with van der Waals surface area (Å²) in [4.78, 5) is 17.6. The molecule has 2 aliphatic rings. The van der Waals surface area contributed by atoms with Crippen molar-refractivity contribution in [2.45, 2.75) is 45.6 Å². The minimum absolute atomic E-state index is 0.116. The molecule has 0 N–H and O–H groups in total. The Labute approximate surface area is 151 Å². The minimum atomic E-state index is -0.159. The first kappa shape index (κ1) is 18.4. The summed E-state index contributed by atoms with van der Waals surface area (Å²) < 4.78 is 7.79. The Kier molecular flexibility index (Phi) is 5.49. The van der Waals surface area contributed by atoms with Crippen molar-refractivity contribution >= 4 is 5.91 Å². The van der Waals surface area contributed by atoms with Gasteiger partial charge in [0.15, 0.2) is 0 Å². The van der Waals surface area contributed by atoms with Crippen LogP contribution in [0.3, 0.4) is 0 Å². The number of likely N-dealkylation sites (N-methyl/N-ethyl adjacent to an activating group) is 1. The third-order valence-corrected chi connectivity index (χ3v) is 5.62. The van der Waals surface area contributed by atoms with Gasteiger partial charge < -0.3 is 14.5 Å². The number of ether oxygens (including phenoxy) is 1. The van der Waals surface area contributed by atoms with Gasteiger partial charge in [-0.15, -0.1) is 0 Å². The van der Waals surface area contributed by atoms with E-state index in [4.69, 9.17) is 4.74 Å². The summed E-state index contributed by atoms with van der Waals surface area (Å²) in [6, 6.07) is 0. The smallest absolute Gasteiger partial charge is 0.230 e. The molecule has 1 saturated carbocycles. The topological polar surface area (TPSA) is 50.6 Å². The van der Waals surface area contributed by atoms with Crippen LogP contribution >= 0.6 is 0 Å². The van der Waals surface area contributed by atoms with E-state index in [9.17, 15) is 4.79 Å². The van der Waals surface area contributed by atoms with Gasteiger partial charge >= 0.3 is 0 Å². The van der Waals surface area contributed by atoms with E-state index in [1.54, 1.807) is 0 Å². The second-order valence-corrected chi connectivity index (χ2v) is 7.87. The third-order valence-electron chi connectivity index (χ3n) is 5.62. The Morgan fingerprint density at radius 2 is 2.04 bits per heavy atom. The molecule has 2 atom stereocenters. The molecule has 6 nitrogen and oxygen atoms in total. The molecular formula is C19H32N4O2. The van der Waals surface area contributed by atoms with E-state index in [1.165, 1.54) is 12.8 Å². The van der Waals surface area contributed by atoms with Crippen LogP contribution in [0.25, 0.3) is 0 Å². The highest BCUT2D eigenvalue weighted by atomic mass is 16.5. The maximum Gasteiger partial charge on any atom is 0.230 e. The minimum Gasteiger partial charge on any atom is -0.374 e. The second-order valence-electron chi connectivity index (χ2n) is 7.87. The zero-order valence-corrected chi connectivity index (χ0v) is 16.3. The Balaban J connectivity index is 1.73. The summed E-state index contributed by atoms with van der Waals surface area (Å²) in [5.74, 6) is 0.727. The van der Waals surface area contributed by atoms with Crippen molar-refractivity contribution in [3.63, 3.8) is 0 Å². The fraction of sp³-hybridized carbons (Fsp3) is 0.789. The molecule has 140 valence electrons. The van der Waals surface area contributed by atoms with Crippen LogP contribution in [0, 0.1) is 19.8 Å². The molecule has 0 radical (unpaired) electrons. The molecule has 1 aromatic heterocycles. The van der Waals surface area contributed by atoms with Gasteiger partial charge in [-0.05, 0) is 46.6 Å². The van der Waals surface area contributed by atoms with Gasteiger partial charge in [-0.3, -0.25) is 9.48 Å². The summed E-state index contributed by atoms with van der Waals surface area (Å²) >= 11 is 0. The van der Waals surface area contributed by atoms with Gasteiger partial charge in [-0.1, -0.05) is 0 Å². The monoisotopic (exact) mass is 348 g/mol. The number of aromatic nitrogens is 2. The van der Waals surface area contributed by atoms with Gasteiger partial charge in [0.2, 0.25) is 5.91 Å². The maximum atomic E-state index is 13.3. The fourth-order valence-corrected chi connectivity index (χ4v) is 3.90. The third kappa shape index (κ3) is 4.23. The van der Waals surface area contributed by atoms with E-state index in [0.717, 1.165) is 43.2 Å². The predicted octanol–water partition coefficient (Wildman–Crippen LogP) is 1.71. The Bertz CT molecular complexity index is 623. The van der Waals surface area contributed by atoms with Gasteiger partial charge in [-0.2, -0.15) is 5.10 Å². The summed E-state index contributed by atoms with van der Waals surface area (Å²) in [5, 5.41) is 4.49. The standard InChI is InChI=1S/C19H32N4O2/c1-13(18-14(2)20-22(5)15(18)3)19(24)23(10-16-6-7-16)12-17-11-21(4)8-9-25-17/h13,16-17H,6-12H2,1-5H3. The van der Waals surface area contributed by atoms with Crippen molar-refractivity contribution < 1.29 is 9.53 Å². The van der Waals surface area contributed by atoms with Crippen molar-refractivity contribution in [2.24, 2.45) is 13.0 Å². The van der Waals surface area contributed by atoms with Crippen LogP contribution in [-0.4, -0.2) is 71.4 Å². The van der Waals surface area contributed by atoms with Crippen LogP contribution in [0.2, 0.25) is 0 Å². The normalized spacial score (nSPS) is 22.8. The molecule has 0 aromatic carbocycles. The summed E-state index contributed by atoms with van der Waals surface area (Å²) in [5.41, 5.74) is 3.12. The lowest BCUT2D eigenvalue weighted by Crippen LogP contribution is -2.48. The van der Waals surface area contributed by atoms with Gasteiger partial charge in [0, 0.05) is 44.5 Å². The van der Waals surface area contributed by atoms with Crippen LogP contribution in [0.4, 0.5) is 0 Å². The highest BCUT2D eigenvalue weighted by molar-refractivity contribution is 5.84. The average Bonchev–Trinajstić information content (AvgIpc) is 3.33. The van der Waals surface area contributed by atoms with Crippen molar-refractivity contribution in [3.05, 3.63) is 17.0 Å². The molecule has 0 bridgehead atoms. The van der Waals surface area contributed by atoms with Crippen molar-refractivity contribution in [1.82, 2.24) is 19.6 Å².